The Morgan fingerprint density at radius 2 is 1.84 bits per heavy atom. The van der Waals surface area contributed by atoms with Crippen LogP contribution in [0.25, 0.3) is 0 Å². The molecule has 0 radical (unpaired) electrons. The number of nitrogens with one attached hydrogen (secondary N) is 2. The predicted octanol–water partition coefficient (Wildman–Crippen LogP) is 2.87. The Balaban J connectivity index is 1.66. The summed E-state index contributed by atoms with van der Waals surface area (Å²) >= 11 is 0. The molecule has 2 N–H and O–H groups in total. The topological polar surface area (TPSA) is 70.7 Å². The molecule has 0 bridgehead atoms. The Hall–Kier alpha value is -3.02. The predicted molar refractivity (Wildman–Crippen MR) is 98.1 cm³/mol. The van der Waals surface area contributed by atoms with E-state index in [4.69, 9.17) is 4.74 Å². The van der Waals surface area contributed by atoms with Crippen LogP contribution >= 0.6 is 0 Å². The van der Waals surface area contributed by atoms with Crippen LogP contribution in [-0.2, 0) is 9.59 Å². The zero-order valence-corrected chi connectivity index (χ0v) is 14.1. The van der Waals surface area contributed by atoms with E-state index in [1.807, 2.05) is 48.5 Å². The van der Waals surface area contributed by atoms with Gasteiger partial charge in [-0.25, -0.2) is 0 Å². The van der Waals surface area contributed by atoms with Gasteiger partial charge in [0, 0.05) is 13.0 Å². The SMILES string of the molecule is COc1ccccc1NCC(=O)Nc1ccccc1N1CCCC1=O. The number of amides is 2. The minimum atomic E-state index is -0.190. The lowest BCUT2D eigenvalue weighted by atomic mass is 10.2. The van der Waals surface area contributed by atoms with Crippen LogP contribution in [0.2, 0.25) is 0 Å². The first kappa shape index (κ1) is 16.8. The van der Waals surface area contributed by atoms with Crippen LogP contribution in [0.3, 0.4) is 0 Å². The summed E-state index contributed by atoms with van der Waals surface area (Å²) < 4.78 is 5.26. The van der Waals surface area contributed by atoms with E-state index in [0.717, 1.165) is 17.8 Å². The van der Waals surface area contributed by atoms with E-state index < -0.39 is 0 Å². The van der Waals surface area contributed by atoms with Gasteiger partial charge in [0.2, 0.25) is 11.8 Å². The first-order valence-electron chi connectivity index (χ1n) is 8.25. The molecule has 0 aliphatic carbocycles. The van der Waals surface area contributed by atoms with Gasteiger partial charge in [-0.1, -0.05) is 24.3 Å². The van der Waals surface area contributed by atoms with Crippen molar-refractivity contribution < 1.29 is 14.3 Å². The van der Waals surface area contributed by atoms with E-state index in [1.54, 1.807) is 12.0 Å². The molecule has 130 valence electrons. The van der Waals surface area contributed by atoms with Crippen molar-refractivity contribution in [2.75, 3.05) is 35.7 Å². The van der Waals surface area contributed by atoms with Crippen LogP contribution in [0, 0.1) is 0 Å². The second kappa shape index (κ2) is 7.70. The number of rotatable bonds is 6. The molecule has 2 amide bonds. The van der Waals surface area contributed by atoms with Crippen LogP contribution < -0.4 is 20.3 Å². The Kier molecular flexibility index (Phi) is 5.18. The third kappa shape index (κ3) is 3.91. The Bertz CT molecular complexity index is 776. The number of carbonyl (C=O) groups excluding carboxylic acids is 2. The molecule has 1 saturated heterocycles. The minimum Gasteiger partial charge on any atom is -0.495 e. The average Bonchev–Trinajstić information content (AvgIpc) is 3.06. The highest BCUT2D eigenvalue weighted by molar-refractivity contribution is 6.02. The van der Waals surface area contributed by atoms with Gasteiger partial charge in [-0.05, 0) is 30.7 Å². The third-order valence-corrected chi connectivity index (χ3v) is 4.09. The van der Waals surface area contributed by atoms with Crippen LogP contribution in [-0.4, -0.2) is 32.0 Å². The van der Waals surface area contributed by atoms with Crippen LogP contribution in [0.4, 0.5) is 17.1 Å². The van der Waals surface area contributed by atoms with Crippen molar-refractivity contribution in [3.63, 3.8) is 0 Å². The fourth-order valence-electron chi connectivity index (χ4n) is 2.88. The maximum Gasteiger partial charge on any atom is 0.243 e. The number of nitrogens with zero attached hydrogens (tertiary/aromatic N) is 1. The fourth-order valence-corrected chi connectivity index (χ4v) is 2.88. The number of methoxy groups -OCH3 is 1. The molecule has 3 rings (SSSR count). The summed E-state index contributed by atoms with van der Waals surface area (Å²) in [5, 5.41) is 5.94. The normalized spacial score (nSPS) is 13.6. The molecule has 6 heteroatoms. The number of para-hydroxylation sites is 4. The van der Waals surface area contributed by atoms with Crippen molar-refractivity contribution in [1.29, 1.82) is 0 Å². The zero-order valence-electron chi connectivity index (χ0n) is 14.1. The lowest BCUT2D eigenvalue weighted by Crippen LogP contribution is -2.27. The third-order valence-electron chi connectivity index (χ3n) is 4.09. The number of hydrogen-bond donors (Lipinski definition) is 2. The largest absolute Gasteiger partial charge is 0.495 e. The smallest absolute Gasteiger partial charge is 0.243 e. The van der Waals surface area contributed by atoms with E-state index in [0.29, 0.717) is 24.4 Å². The van der Waals surface area contributed by atoms with Gasteiger partial charge < -0.3 is 20.3 Å². The van der Waals surface area contributed by atoms with Gasteiger partial charge in [-0.2, -0.15) is 0 Å². The van der Waals surface area contributed by atoms with Crippen molar-refractivity contribution in [3.8, 4) is 5.75 Å². The molecule has 0 aromatic heterocycles. The van der Waals surface area contributed by atoms with E-state index in [9.17, 15) is 9.59 Å². The number of ether oxygens (including phenoxy) is 1. The van der Waals surface area contributed by atoms with Gasteiger partial charge in [0.15, 0.2) is 0 Å². The summed E-state index contributed by atoms with van der Waals surface area (Å²) in [6.07, 6.45) is 1.40. The molecule has 1 aliphatic heterocycles. The van der Waals surface area contributed by atoms with E-state index in [-0.39, 0.29) is 18.4 Å². The Labute approximate surface area is 146 Å². The Morgan fingerprint density at radius 1 is 1.12 bits per heavy atom. The van der Waals surface area contributed by atoms with Crippen molar-refractivity contribution in [1.82, 2.24) is 0 Å². The second-order valence-electron chi connectivity index (χ2n) is 5.77. The van der Waals surface area contributed by atoms with Gasteiger partial charge in [-0.15, -0.1) is 0 Å². The summed E-state index contributed by atoms with van der Waals surface area (Å²) in [4.78, 5) is 26.0. The van der Waals surface area contributed by atoms with Crippen LogP contribution in [0.5, 0.6) is 5.75 Å². The van der Waals surface area contributed by atoms with Crippen molar-refractivity contribution >= 4 is 28.9 Å². The van der Waals surface area contributed by atoms with Gasteiger partial charge >= 0.3 is 0 Å². The summed E-state index contributed by atoms with van der Waals surface area (Å²) in [5.74, 6) is 0.581. The number of hydrogen-bond acceptors (Lipinski definition) is 4. The highest BCUT2D eigenvalue weighted by Crippen LogP contribution is 2.29. The molecular formula is C19H21N3O3. The fraction of sp³-hybridized carbons (Fsp3) is 0.263. The van der Waals surface area contributed by atoms with Crippen molar-refractivity contribution in [2.45, 2.75) is 12.8 Å². The van der Waals surface area contributed by atoms with E-state index >= 15 is 0 Å². The van der Waals surface area contributed by atoms with Crippen LogP contribution in [0.1, 0.15) is 12.8 Å². The van der Waals surface area contributed by atoms with Crippen LogP contribution in [0.15, 0.2) is 48.5 Å². The second-order valence-corrected chi connectivity index (χ2v) is 5.77. The van der Waals surface area contributed by atoms with Gasteiger partial charge in [-0.3, -0.25) is 9.59 Å². The average molecular weight is 339 g/mol. The van der Waals surface area contributed by atoms with Crippen molar-refractivity contribution in [3.05, 3.63) is 48.5 Å². The molecule has 0 saturated carbocycles. The van der Waals surface area contributed by atoms with Gasteiger partial charge in [0.1, 0.15) is 5.75 Å². The maximum atomic E-state index is 12.3. The molecule has 6 nitrogen and oxygen atoms in total. The molecule has 1 aliphatic rings. The lowest BCUT2D eigenvalue weighted by molar-refractivity contribution is -0.117. The number of anilines is 3. The first-order chi connectivity index (χ1) is 12.2. The van der Waals surface area contributed by atoms with Gasteiger partial charge in [0.05, 0.1) is 30.7 Å². The number of carbonyl (C=O) groups is 2. The standard InChI is InChI=1S/C19H21N3O3/c1-25-17-10-5-3-8-15(17)20-13-18(23)21-14-7-2-4-9-16(14)22-12-6-11-19(22)24/h2-5,7-10,20H,6,11-13H2,1H3,(H,21,23). The monoisotopic (exact) mass is 339 g/mol. The highest BCUT2D eigenvalue weighted by Gasteiger charge is 2.24. The Morgan fingerprint density at radius 3 is 2.56 bits per heavy atom. The maximum absolute atomic E-state index is 12.3. The van der Waals surface area contributed by atoms with Gasteiger partial charge in [0.25, 0.3) is 0 Å². The molecular weight excluding hydrogens is 318 g/mol. The summed E-state index contributed by atoms with van der Waals surface area (Å²) in [5.41, 5.74) is 2.14. The molecule has 0 atom stereocenters. The summed E-state index contributed by atoms with van der Waals surface area (Å²) in [6, 6.07) is 14.8. The molecule has 2 aromatic rings. The molecule has 25 heavy (non-hydrogen) atoms. The highest BCUT2D eigenvalue weighted by atomic mass is 16.5. The molecule has 1 heterocycles. The molecule has 0 unspecified atom stereocenters. The van der Waals surface area contributed by atoms with Crippen molar-refractivity contribution in [2.24, 2.45) is 0 Å². The van der Waals surface area contributed by atoms with E-state index in [1.165, 1.54) is 0 Å². The summed E-state index contributed by atoms with van der Waals surface area (Å²) in [6.45, 7) is 0.786. The summed E-state index contributed by atoms with van der Waals surface area (Å²) in [7, 11) is 1.59. The molecule has 0 spiro atoms. The molecule has 1 fully saturated rings. The van der Waals surface area contributed by atoms with E-state index in [2.05, 4.69) is 10.6 Å². The first-order valence-corrected chi connectivity index (χ1v) is 8.25. The number of benzene rings is 2. The quantitative estimate of drug-likeness (QED) is 0.849. The molecule has 2 aromatic carbocycles. The minimum absolute atomic E-state index is 0.0915. The zero-order chi connectivity index (χ0) is 17.6. The lowest BCUT2D eigenvalue weighted by Gasteiger charge is -2.20.